The summed E-state index contributed by atoms with van der Waals surface area (Å²) in [5.41, 5.74) is 0.202. The standard InChI is InChI=1S/C9H9Cl2FO/c10-4-3-9(13)7-5-6(11)1-2-8(7)12/h1-2,5,9,13H,3-4H2/t9-/m1/s1. The maximum Gasteiger partial charge on any atom is 0.129 e. The summed E-state index contributed by atoms with van der Waals surface area (Å²) in [6.07, 6.45) is -0.560. The monoisotopic (exact) mass is 222 g/mol. The van der Waals surface area contributed by atoms with Crippen molar-refractivity contribution in [3.8, 4) is 0 Å². The van der Waals surface area contributed by atoms with E-state index in [0.29, 0.717) is 11.4 Å². The quantitative estimate of drug-likeness (QED) is 0.780. The predicted octanol–water partition coefficient (Wildman–Crippen LogP) is 3.14. The van der Waals surface area contributed by atoms with Crippen molar-refractivity contribution in [2.24, 2.45) is 0 Å². The summed E-state index contributed by atoms with van der Waals surface area (Å²) in [7, 11) is 0. The van der Waals surface area contributed by atoms with Crippen LogP contribution in [-0.4, -0.2) is 11.0 Å². The van der Waals surface area contributed by atoms with Crippen LogP contribution in [0.2, 0.25) is 5.02 Å². The highest BCUT2D eigenvalue weighted by Gasteiger charge is 2.12. The number of halogens is 3. The molecule has 13 heavy (non-hydrogen) atoms. The molecule has 0 aliphatic rings. The zero-order chi connectivity index (χ0) is 9.84. The van der Waals surface area contributed by atoms with Gasteiger partial charge in [0.1, 0.15) is 5.82 Å². The number of rotatable bonds is 3. The molecule has 0 aliphatic heterocycles. The topological polar surface area (TPSA) is 20.2 Å². The first kappa shape index (κ1) is 10.8. The third-order valence-electron chi connectivity index (χ3n) is 1.70. The van der Waals surface area contributed by atoms with Gasteiger partial charge in [0.05, 0.1) is 6.10 Å². The summed E-state index contributed by atoms with van der Waals surface area (Å²) in [5.74, 6) is -0.172. The van der Waals surface area contributed by atoms with Crippen molar-refractivity contribution in [2.45, 2.75) is 12.5 Å². The second-order valence-corrected chi connectivity index (χ2v) is 3.47. The van der Waals surface area contributed by atoms with Crippen molar-refractivity contribution >= 4 is 23.2 Å². The van der Waals surface area contributed by atoms with Crippen molar-refractivity contribution < 1.29 is 9.50 Å². The van der Waals surface area contributed by atoms with Gasteiger partial charge in [0.2, 0.25) is 0 Å². The number of alkyl halides is 1. The van der Waals surface area contributed by atoms with Crippen LogP contribution in [0.25, 0.3) is 0 Å². The molecule has 0 saturated carbocycles. The lowest BCUT2D eigenvalue weighted by Gasteiger charge is -2.10. The van der Waals surface area contributed by atoms with E-state index in [2.05, 4.69) is 0 Å². The molecule has 0 radical (unpaired) electrons. The van der Waals surface area contributed by atoms with Crippen LogP contribution in [0, 0.1) is 5.82 Å². The van der Waals surface area contributed by atoms with E-state index in [0.717, 1.165) is 0 Å². The van der Waals surface area contributed by atoms with Gasteiger partial charge in [-0.2, -0.15) is 0 Å². The summed E-state index contributed by atoms with van der Waals surface area (Å²) in [6.45, 7) is 0. The molecule has 4 heteroatoms. The minimum atomic E-state index is -0.879. The molecule has 0 amide bonds. The first-order chi connectivity index (χ1) is 6.15. The first-order valence-corrected chi connectivity index (χ1v) is 4.75. The van der Waals surface area contributed by atoms with E-state index in [1.807, 2.05) is 0 Å². The third-order valence-corrected chi connectivity index (χ3v) is 2.15. The molecule has 1 aromatic rings. The summed E-state index contributed by atoms with van der Waals surface area (Å²) >= 11 is 11.1. The Labute approximate surface area is 86.1 Å². The van der Waals surface area contributed by atoms with Gasteiger partial charge in [-0.15, -0.1) is 11.6 Å². The van der Waals surface area contributed by atoms with Gasteiger partial charge in [-0.3, -0.25) is 0 Å². The zero-order valence-corrected chi connectivity index (χ0v) is 8.32. The van der Waals surface area contributed by atoms with E-state index >= 15 is 0 Å². The van der Waals surface area contributed by atoms with Gasteiger partial charge in [0, 0.05) is 16.5 Å². The van der Waals surface area contributed by atoms with Crippen LogP contribution in [0.5, 0.6) is 0 Å². The largest absolute Gasteiger partial charge is 0.388 e. The van der Waals surface area contributed by atoms with Crippen molar-refractivity contribution in [3.63, 3.8) is 0 Å². The van der Waals surface area contributed by atoms with Gasteiger partial charge in [-0.1, -0.05) is 11.6 Å². The summed E-state index contributed by atoms with van der Waals surface area (Å²) in [6, 6.07) is 4.08. The molecule has 0 heterocycles. The van der Waals surface area contributed by atoms with E-state index in [1.165, 1.54) is 18.2 Å². The van der Waals surface area contributed by atoms with Crippen LogP contribution in [0.1, 0.15) is 18.1 Å². The van der Waals surface area contributed by atoms with E-state index in [9.17, 15) is 9.50 Å². The maximum atomic E-state index is 13.1. The molecule has 1 aromatic carbocycles. The van der Waals surface area contributed by atoms with Gasteiger partial charge >= 0.3 is 0 Å². The first-order valence-electron chi connectivity index (χ1n) is 3.84. The number of hydrogen-bond acceptors (Lipinski definition) is 1. The van der Waals surface area contributed by atoms with Gasteiger partial charge in [-0.05, 0) is 24.6 Å². The Morgan fingerprint density at radius 2 is 2.15 bits per heavy atom. The molecule has 0 bridgehead atoms. The Morgan fingerprint density at radius 1 is 1.46 bits per heavy atom. The minimum Gasteiger partial charge on any atom is -0.388 e. The highest BCUT2D eigenvalue weighted by molar-refractivity contribution is 6.30. The molecule has 0 spiro atoms. The fraction of sp³-hybridized carbons (Fsp3) is 0.333. The Bertz CT molecular complexity index is 291. The van der Waals surface area contributed by atoms with Crippen LogP contribution in [0.3, 0.4) is 0 Å². The Balaban J connectivity index is 2.91. The van der Waals surface area contributed by atoms with Crippen LogP contribution >= 0.6 is 23.2 Å². The smallest absolute Gasteiger partial charge is 0.129 e. The second kappa shape index (κ2) is 4.80. The van der Waals surface area contributed by atoms with Gasteiger partial charge in [-0.25, -0.2) is 4.39 Å². The molecule has 0 aromatic heterocycles. The number of aliphatic hydroxyl groups is 1. The molecule has 1 atom stereocenters. The van der Waals surface area contributed by atoms with Crippen LogP contribution in [0.15, 0.2) is 18.2 Å². The molecular weight excluding hydrogens is 214 g/mol. The summed E-state index contributed by atoms with van der Waals surface area (Å²) in [5, 5.41) is 9.85. The molecule has 1 N–H and O–H groups in total. The van der Waals surface area contributed by atoms with Gasteiger partial charge in [0.25, 0.3) is 0 Å². The molecule has 1 rings (SSSR count). The maximum absolute atomic E-state index is 13.1. The van der Waals surface area contributed by atoms with Crippen molar-refractivity contribution in [1.29, 1.82) is 0 Å². The van der Waals surface area contributed by atoms with Crippen LogP contribution < -0.4 is 0 Å². The molecule has 72 valence electrons. The summed E-state index contributed by atoms with van der Waals surface area (Å²) < 4.78 is 13.1. The lowest BCUT2D eigenvalue weighted by Crippen LogP contribution is -2.01. The van der Waals surface area contributed by atoms with E-state index in [-0.39, 0.29) is 11.4 Å². The molecule has 0 fully saturated rings. The number of hydrogen-bond donors (Lipinski definition) is 1. The zero-order valence-electron chi connectivity index (χ0n) is 6.80. The fourth-order valence-electron chi connectivity index (χ4n) is 1.03. The Hall–Kier alpha value is -0.310. The molecule has 1 nitrogen and oxygen atoms in total. The lowest BCUT2D eigenvalue weighted by atomic mass is 10.1. The lowest BCUT2D eigenvalue weighted by molar-refractivity contribution is 0.170. The molecule has 0 aliphatic carbocycles. The van der Waals surface area contributed by atoms with E-state index in [4.69, 9.17) is 23.2 Å². The number of aliphatic hydroxyl groups excluding tert-OH is 1. The average molecular weight is 223 g/mol. The van der Waals surface area contributed by atoms with Gasteiger partial charge in [0.15, 0.2) is 0 Å². The normalized spacial score (nSPS) is 12.9. The average Bonchev–Trinajstić information content (AvgIpc) is 2.09. The second-order valence-electron chi connectivity index (χ2n) is 2.66. The van der Waals surface area contributed by atoms with E-state index < -0.39 is 11.9 Å². The Kier molecular flexibility index (Phi) is 3.97. The minimum absolute atomic E-state index is 0.202. The SMILES string of the molecule is O[C@H](CCCl)c1cc(Cl)ccc1F. The number of benzene rings is 1. The summed E-state index contributed by atoms with van der Waals surface area (Å²) in [4.78, 5) is 0. The fourth-order valence-corrected chi connectivity index (χ4v) is 1.42. The third kappa shape index (κ3) is 2.83. The Morgan fingerprint density at radius 3 is 2.77 bits per heavy atom. The van der Waals surface area contributed by atoms with Crippen LogP contribution in [0.4, 0.5) is 4.39 Å². The van der Waals surface area contributed by atoms with E-state index in [1.54, 1.807) is 0 Å². The molecule has 0 saturated heterocycles. The van der Waals surface area contributed by atoms with Crippen LogP contribution in [-0.2, 0) is 0 Å². The molecule has 0 unspecified atom stereocenters. The van der Waals surface area contributed by atoms with Gasteiger partial charge < -0.3 is 5.11 Å². The highest BCUT2D eigenvalue weighted by atomic mass is 35.5. The molecular formula is C9H9Cl2FO. The van der Waals surface area contributed by atoms with Crippen molar-refractivity contribution in [1.82, 2.24) is 0 Å². The van der Waals surface area contributed by atoms with Crippen molar-refractivity contribution in [3.05, 3.63) is 34.6 Å². The predicted molar refractivity (Wildman–Crippen MR) is 51.7 cm³/mol. The van der Waals surface area contributed by atoms with Crippen molar-refractivity contribution in [2.75, 3.05) is 5.88 Å². The highest BCUT2D eigenvalue weighted by Crippen LogP contribution is 2.23.